The molecule has 8 heteroatoms. The van der Waals surface area contributed by atoms with Gasteiger partial charge in [0.2, 0.25) is 5.91 Å². The van der Waals surface area contributed by atoms with Gasteiger partial charge >= 0.3 is 0 Å². The van der Waals surface area contributed by atoms with Crippen LogP contribution in [0.15, 0.2) is 47.4 Å². The lowest BCUT2D eigenvalue weighted by molar-refractivity contribution is -0.385. The molecule has 1 fully saturated rings. The summed E-state index contributed by atoms with van der Waals surface area (Å²) in [4.78, 5) is 37.3. The second-order valence-electron chi connectivity index (χ2n) is 6.84. The third-order valence-corrected chi connectivity index (χ3v) is 5.06. The van der Waals surface area contributed by atoms with Crippen LogP contribution in [0.5, 0.6) is 5.75 Å². The second-order valence-corrected chi connectivity index (χ2v) is 6.84. The van der Waals surface area contributed by atoms with Gasteiger partial charge in [0, 0.05) is 18.7 Å². The van der Waals surface area contributed by atoms with Gasteiger partial charge in [0.05, 0.1) is 24.3 Å². The first-order valence-corrected chi connectivity index (χ1v) is 9.28. The molecule has 3 rings (SSSR count). The molecule has 8 nitrogen and oxygen atoms in total. The van der Waals surface area contributed by atoms with E-state index in [1.165, 1.54) is 0 Å². The molecule has 0 bridgehead atoms. The molecule has 0 spiro atoms. The first-order chi connectivity index (χ1) is 13.5. The van der Waals surface area contributed by atoms with Crippen LogP contribution in [0, 0.1) is 10.1 Å². The van der Waals surface area contributed by atoms with Crippen LogP contribution in [0.2, 0.25) is 0 Å². The van der Waals surface area contributed by atoms with Crippen molar-refractivity contribution < 1.29 is 14.5 Å². The molecule has 0 radical (unpaired) electrons. The zero-order chi connectivity index (χ0) is 20.1. The molecule has 2 heterocycles. The molecule has 148 valence electrons. The molecule has 1 aliphatic rings. The van der Waals surface area contributed by atoms with Crippen LogP contribution < -0.4 is 10.3 Å². The van der Waals surface area contributed by atoms with Gasteiger partial charge in [-0.1, -0.05) is 25.0 Å². The first kappa shape index (κ1) is 19.6. The number of hydrogen-bond donors (Lipinski definition) is 0. The molecular weight excluding hydrogens is 362 g/mol. The van der Waals surface area contributed by atoms with E-state index in [2.05, 4.69) is 0 Å². The molecule has 0 aliphatic carbocycles. The number of amides is 1. The van der Waals surface area contributed by atoms with E-state index in [1.807, 2.05) is 24.3 Å². The topological polar surface area (TPSA) is 94.7 Å². The van der Waals surface area contributed by atoms with Crippen LogP contribution >= 0.6 is 0 Å². The summed E-state index contributed by atoms with van der Waals surface area (Å²) in [6.07, 6.45) is 4.90. The summed E-state index contributed by atoms with van der Waals surface area (Å²) in [5.74, 6) is 0.531. The quantitative estimate of drug-likeness (QED) is 0.583. The number of ether oxygens (including phenoxy) is 1. The monoisotopic (exact) mass is 385 g/mol. The number of methoxy groups -OCH3 is 1. The Morgan fingerprint density at radius 2 is 1.93 bits per heavy atom. The van der Waals surface area contributed by atoms with Crippen molar-refractivity contribution in [1.82, 2.24) is 9.47 Å². The average molecular weight is 385 g/mol. The number of aromatic nitrogens is 1. The lowest BCUT2D eigenvalue weighted by Crippen LogP contribution is -2.38. The predicted octanol–water partition coefficient (Wildman–Crippen LogP) is 2.91. The molecule has 0 saturated carbocycles. The maximum atomic E-state index is 13.0. The summed E-state index contributed by atoms with van der Waals surface area (Å²) in [5, 5.41) is 11.0. The number of benzene rings is 1. The molecule has 1 saturated heterocycles. The van der Waals surface area contributed by atoms with Crippen LogP contribution in [0.3, 0.4) is 0 Å². The first-order valence-electron chi connectivity index (χ1n) is 9.28. The zero-order valence-corrected chi connectivity index (χ0v) is 15.7. The third kappa shape index (κ3) is 4.39. The normalized spacial score (nSPS) is 17.0. The van der Waals surface area contributed by atoms with E-state index in [4.69, 9.17) is 4.74 Å². The number of likely N-dealkylation sites (tertiary alicyclic amines) is 1. The summed E-state index contributed by atoms with van der Waals surface area (Å²) >= 11 is 0. The van der Waals surface area contributed by atoms with Crippen LogP contribution in [0.25, 0.3) is 0 Å². The Morgan fingerprint density at radius 1 is 1.18 bits per heavy atom. The minimum Gasteiger partial charge on any atom is -0.497 e. The van der Waals surface area contributed by atoms with Crippen molar-refractivity contribution in [3.8, 4) is 5.75 Å². The number of nitro groups is 1. The van der Waals surface area contributed by atoms with Gasteiger partial charge in [-0.15, -0.1) is 0 Å². The third-order valence-electron chi connectivity index (χ3n) is 5.06. The highest BCUT2D eigenvalue weighted by molar-refractivity contribution is 5.76. The molecule has 1 amide bonds. The molecule has 1 aliphatic heterocycles. The van der Waals surface area contributed by atoms with E-state index >= 15 is 0 Å². The van der Waals surface area contributed by atoms with E-state index in [-0.39, 0.29) is 24.2 Å². The maximum absolute atomic E-state index is 13.0. The maximum Gasteiger partial charge on any atom is 0.285 e. The Labute approximate surface area is 162 Å². The standard InChI is InChI=1S/C20H23N3O5/c1-28-17-9-6-15(7-10-17)18-5-3-2-4-12-22(18)20(25)14-21-13-16(23(26)27)8-11-19(21)24/h6-11,13,18H,2-5,12,14H2,1H3. The van der Waals surface area contributed by atoms with Gasteiger partial charge in [-0.2, -0.15) is 0 Å². The highest BCUT2D eigenvalue weighted by Crippen LogP contribution is 2.31. The van der Waals surface area contributed by atoms with E-state index in [9.17, 15) is 19.7 Å². The summed E-state index contributed by atoms with van der Waals surface area (Å²) in [6, 6.07) is 9.82. The van der Waals surface area contributed by atoms with Gasteiger partial charge in [-0.3, -0.25) is 24.3 Å². The minimum absolute atomic E-state index is 0.0877. The fraction of sp³-hybridized carbons (Fsp3) is 0.400. The lowest BCUT2D eigenvalue weighted by Gasteiger charge is -2.31. The Bertz CT molecular complexity index is 907. The van der Waals surface area contributed by atoms with Crippen molar-refractivity contribution in [1.29, 1.82) is 0 Å². The van der Waals surface area contributed by atoms with Crippen molar-refractivity contribution >= 4 is 11.6 Å². The highest BCUT2D eigenvalue weighted by Gasteiger charge is 2.27. The average Bonchev–Trinajstić information content (AvgIpc) is 2.95. The van der Waals surface area contributed by atoms with Crippen LogP contribution in [-0.2, 0) is 11.3 Å². The van der Waals surface area contributed by atoms with Crippen LogP contribution in [0.1, 0.15) is 37.3 Å². The van der Waals surface area contributed by atoms with Crippen LogP contribution in [0.4, 0.5) is 5.69 Å². The highest BCUT2D eigenvalue weighted by atomic mass is 16.6. The zero-order valence-electron chi connectivity index (χ0n) is 15.7. The fourth-order valence-electron chi connectivity index (χ4n) is 3.57. The predicted molar refractivity (Wildman–Crippen MR) is 103 cm³/mol. The van der Waals surface area contributed by atoms with E-state index in [1.54, 1.807) is 12.0 Å². The summed E-state index contributed by atoms with van der Waals surface area (Å²) in [7, 11) is 1.60. The van der Waals surface area contributed by atoms with Crippen molar-refractivity contribution in [3.05, 3.63) is 68.6 Å². The summed E-state index contributed by atoms with van der Waals surface area (Å²) < 4.78 is 6.31. The Kier molecular flexibility index (Phi) is 6.08. The second kappa shape index (κ2) is 8.69. The molecular formula is C20H23N3O5. The number of hydrogen-bond acceptors (Lipinski definition) is 5. The molecule has 1 aromatic carbocycles. The fourth-order valence-corrected chi connectivity index (χ4v) is 3.57. The van der Waals surface area contributed by atoms with Crippen molar-refractivity contribution in [3.63, 3.8) is 0 Å². The number of pyridine rings is 1. The van der Waals surface area contributed by atoms with Crippen molar-refractivity contribution in [2.24, 2.45) is 0 Å². The van der Waals surface area contributed by atoms with Crippen molar-refractivity contribution in [2.75, 3.05) is 13.7 Å². The number of carbonyl (C=O) groups excluding carboxylic acids is 1. The molecule has 0 N–H and O–H groups in total. The SMILES string of the molecule is COc1ccc(C2CCCCCN2C(=O)Cn2cc([N+](=O)[O-])ccc2=O)cc1. The van der Waals surface area contributed by atoms with Gasteiger partial charge in [0.15, 0.2) is 0 Å². The number of rotatable bonds is 5. The Morgan fingerprint density at radius 3 is 2.61 bits per heavy atom. The van der Waals surface area contributed by atoms with Gasteiger partial charge in [-0.25, -0.2) is 0 Å². The smallest absolute Gasteiger partial charge is 0.285 e. The lowest BCUT2D eigenvalue weighted by atomic mass is 10.0. The Balaban J connectivity index is 1.85. The Hall–Kier alpha value is -3.16. The van der Waals surface area contributed by atoms with Gasteiger partial charge in [0.1, 0.15) is 12.3 Å². The molecule has 28 heavy (non-hydrogen) atoms. The van der Waals surface area contributed by atoms with E-state index < -0.39 is 10.5 Å². The molecule has 1 atom stereocenters. The van der Waals surface area contributed by atoms with Gasteiger partial charge in [0.25, 0.3) is 11.2 Å². The number of carbonyl (C=O) groups is 1. The van der Waals surface area contributed by atoms with Crippen LogP contribution in [-0.4, -0.2) is 34.0 Å². The summed E-state index contributed by atoms with van der Waals surface area (Å²) in [5.41, 5.74) is 0.368. The molecule has 1 unspecified atom stereocenters. The van der Waals surface area contributed by atoms with E-state index in [0.29, 0.717) is 6.54 Å². The minimum atomic E-state index is -0.577. The molecule has 1 aromatic heterocycles. The van der Waals surface area contributed by atoms with Gasteiger partial charge < -0.3 is 9.64 Å². The van der Waals surface area contributed by atoms with E-state index in [0.717, 1.165) is 59.9 Å². The summed E-state index contributed by atoms with van der Waals surface area (Å²) in [6.45, 7) is 0.381. The largest absolute Gasteiger partial charge is 0.497 e. The van der Waals surface area contributed by atoms with Gasteiger partial charge in [-0.05, 0) is 30.5 Å². The molecule has 2 aromatic rings. The van der Waals surface area contributed by atoms with Crippen molar-refractivity contribution in [2.45, 2.75) is 38.3 Å². The number of nitrogens with zero attached hydrogens (tertiary/aromatic N) is 3.